The molecule has 2 unspecified atom stereocenters. The molecule has 0 amide bonds. The zero-order valence-corrected chi connectivity index (χ0v) is 8.99. The van der Waals surface area contributed by atoms with Crippen LogP contribution >= 0.6 is 0 Å². The smallest absolute Gasteiger partial charge is 0.123 e. The van der Waals surface area contributed by atoms with E-state index in [4.69, 9.17) is 0 Å². The Balaban J connectivity index is 1.64. The average molecular weight is 205 g/mol. The summed E-state index contributed by atoms with van der Waals surface area (Å²) in [6.45, 7) is 2.48. The van der Waals surface area contributed by atoms with Gasteiger partial charge in [0.05, 0.1) is 0 Å². The number of hydrogen-bond donors (Lipinski definition) is 0. The third kappa shape index (κ3) is 1.67. The average Bonchev–Trinajstić information content (AvgIpc) is 2.67. The highest BCUT2D eigenvalue weighted by atomic mass is 19.1. The Morgan fingerprint density at radius 3 is 2.73 bits per heavy atom. The summed E-state index contributed by atoms with van der Waals surface area (Å²) in [6.07, 6.45) is 1.07. The summed E-state index contributed by atoms with van der Waals surface area (Å²) in [6, 6.07) is 7.05. The first kappa shape index (κ1) is 9.34. The highest BCUT2D eigenvalue weighted by Crippen LogP contribution is 2.52. The van der Waals surface area contributed by atoms with Crippen molar-refractivity contribution in [2.75, 3.05) is 20.1 Å². The summed E-state index contributed by atoms with van der Waals surface area (Å²) in [5.74, 6) is 2.50. The van der Waals surface area contributed by atoms with E-state index in [-0.39, 0.29) is 5.82 Å². The van der Waals surface area contributed by atoms with Gasteiger partial charge >= 0.3 is 0 Å². The lowest BCUT2D eigenvalue weighted by Crippen LogP contribution is -2.19. The van der Waals surface area contributed by atoms with Crippen LogP contribution in [0.15, 0.2) is 24.3 Å². The Bertz CT molecular complexity index is 365. The van der Waals surface area contributed by atoms with Gasteiger partial charge in [-0.15, -0.1) is 0 Å². The van der Waals surface area contributed by atoms with E-state index in [0.29, 0.717) is 0 Å². The predicted molar refractivity (Wildman–Crippen MR) is 58.1 cm³/mol. The van der Waals surface area contributed by atoms with Crippen LogP contribution in [0.3, 0.4) is 0 Å². The standard InChI is InChI=1S/C13H16FN/c1-15-7-12-11(13(12)8-15)6-9-3-2-4-10(14)5-9/h2-5,11-13H,6-8H2,1H3. The quantitative estimate of drug-likeness (QED) is 0.715. The van der Waals surface area contributed by atoms with Gasteiger partial charge in [-0.25, -0.2) is 4.39 Å². The molecule has 1 aromatic rings. The minimum absolute atomic E-state index is 0.101. The molecule has 0 spiro atoms. The van der Waals surface area contributed by atoms with Crippen molar-refractivity contribution >= 4 is 0 Å². The van der Waals surface area contributed by atoms with Gasteiger partial charge < -0.3 is 4.90 Å². The van der Waals surface area contributed by atoms with Crippen molar-refractivity contribution in [2.24, 2.45) is 17.8 Å². The fourth-order valence-corrected chi connectivity index (χ4v) is 3.10. The first-order valence-electron chi connectivity index (χ1n) is 5.67. The minimum atomic E-state index is -0.101. The molecule has 1 saturated carbocycles. The van der Waals surface area contributed by atoms with Gasteiger partial charge in [-0.3, -0.25) is 0 Å². The van der Waals surface area contributed by atoms with E-state index >= 15 is 0 Å². The van der Waals surface area contributed by atoms with Crippen LogP contribution in [0.4, 0.5) is 4.39 Å². The summed E-state index contributed by atoms with van der Waals surface area (Å²) < 4.78 is 13.0. The Hall–Kier alpha value is -0.890. The molecule has 1 aliphatic heterocycles. The Labute approximate surface area is 89.9 Å². The molecule has 1 nitrogen and oxygen atoms in total. The van der Waals surface area contributed by atoms with Crippen molar-refractivity contribution in [3.63, 3.8) is 0 Å². The minimum Gasteiger partial charge on any atom is -0.306 e. The SMILES string of the molecule is CN1CC2C(Cc3cccc(F)c3)C2C1. The van der Waals surface area contributed by atoms with Gasteiger partial charge in [0.15, 0.2) is 0 Å². The second kappa shape index (κ2) is 3.31. The van der Waals surface area contributed by atoms with Crippen molar-refractivity contribution in [3.8, 4) is 0 Å². The fourth-order valence-electron chi connectivity index (χ4n) is 3.10. The zero-order valence-electron chi connectivity index (χ0n) is 8.99. The van der Waals surface area contributed by atoms with Crippen molar-refractivity contribution < 1.29 is 4.39 Å². The summed E-state index contributed by atoms with van der Waals surface area (Å²) >= 11 is 0. The number of benzene rings is 1. The van der Waals surface area contributed by atoms with Gasteiger partial charge in [0.2, 0.25) is 0 Å². The Morgan fingerprint density at radius 2 is 2.07 bits per heavy atom. The lowest BCUT2D eigenvalue weighted by atomic mass is 10.1. The summed E-state index contributed by atoms with van der Waals surface area (Å²) in [4.78, 5) is 2.40. The molecular formula is C13H16FN. The largest absolute Gasteiger partial charge is 0.306 e. The fraction of sp³-hybridized carbons (Fsp3) is 0.538. The maximum absolute atomic E-state index is 13.0. The molecule has 2 atom stereocenters. The molecule has 0 bridgehead atoms. The monoisotopic (exact) mass is 205 g/mol. The molecule has 0 radical (unpaired) electrons. The lowest BCUT2D eigenvalue weighted by molar-refractivity contribution is 0.343. The Kier molecular flexibility index (Phi) is 2.06. The normalized spacial score (nSPS) is 34.1. The number of likely N-dealkylation sites (tertiary alicyclic amines) is 1. The molecule has 1 aromatic carbocycles. The van der Waals surface area contributed by atoms with E-state index in [0.717, 1.165) is 29.7 Å². The number of nitrogens with zero attached hydrogens (tertiary/aromatic N) is 1. The number of piperidine rings is 1. The van der Waals surface area contributed by atoms with Crippen LogP contribution < -0.4 is 0 Å². The maximum atomic E-state index is 13.0. The molecule has 1 heterocycles. The topological polar surface area (TPSA) is 3.24 Å². The zero-order chi connectivity index (χ0) is 10.4. The van der Waals surface area contributed by atoms with E-state index in [9.17, 15) is 4.39 Å². The highest BCUT2D eigenvalue weighted by molar-refractivity contribution is 5.20. The van der Waals surface area contributed by atoms with E-state index in [1.54, 1.807) is 6.07 Å². The van der Waals surface area contributed by atoms with E-state index < -0.39 is 0 Å². The summed E-state index contributed by atoms with van der Waals surface area (Å²) in [5.41, 5.74) is 1.16. The molecule has 0 N–H and O–H groups in total. The third-order valence-corrected chi connectivity index (χ3v) is 3.91. The van der Waals surface area contributed by atoms with Crippen molar-refractivity contribution in [3.05, 3.63) is 35.6 Å². The number of rotatable bonds is 2. The maximum Gasteiger partial charge on any atom is 0.123 e. The van der Waals surface area contributed by atoms with Crippen LogP contribution in [0.1, 0.15) is 5.56 Å². The molecule has 2 fully saturated rings. The van der Waals surface area contributed by atoms with Crippen LogP contribution in [-0.2, 0) is 6.42 Å². The molecule has 2 aliphatic rings. The van der Waals surface area contributed by atoms with Gasteiger partial charge in [0, 0.05) is 13.1 Å². The molecule has 1 aliphatic carbocycles. The molecule has 3 rings (SSSR count). The molecule has 80 valence electrons. The van der Waals surface area contributed by atoms with Crippen molar-refractivity contribution in [2.45, 2.75) is 6.42 Å². The van der Waals surface area contributed by atoms with Crippen molar-refractivity contribution in [1.29, 1.82) is 0 Å². The Morgan fingerprint density at radius 1 is 1.33 bits per heavy atom. The van der Waals surface area contributed by atoms with Crippen LogP contribution in [0, 0.1) is 23.6 Å². The number of hydrogen-bond acceptors (Lipinski definition) is 1. The van der Waals surface area contributed by atoms with E-state index in [2.05, 4.69) is 11.9 Å². The van der Waals surface area contributed by atoms with Gasteiger partial charge in [0.25, 0.3) is 0 Å². The number of fused-ring (bicyclic) bond motifs is 1. The molecule has 2 heteroatoms. The number of halogens is 1. The third-order valence-electron chi connectivity index (χ3n) is 3.91. The summed E-state index contributed by atoms with van der Waals surface area (Å²) in [7, 11) is 2.19. The van der Waals surface area contributed by atoms with Crippen LogP contribution in [0.5, 0.6) is 0 Å². The van der Waals surface area contributed by atoms with Crippen LogP contribution in [0.25, 0.3) is 0 Å². The van der Waals surface area contributed by atoms with E-state index in [1.165, 1.54) is 19.2 Å². The van der Waals surface area contributed by atoms with E-state index in [1.807, 2.05) is 12.1 Å². The van der Waals surface area contributed by atoms with Gasteiger partial charge in [0.1, 0.15) is 5.82 Å². The highest BCUT2D eigenvalue weighted by Gasteiger charge is 2.53. The van der Waals surface area contributed by atoms with Crippen LogP contribution in [0.2, 0.25) is 0 Å². The van der Waals surface area contributed by atoms with Gasteiger partial charge in [-0.1, -0.05) is 12.1 Å². The van der Waals surface area contributed by atoms with Gasteiger partial charge in [-0.05, 0) is 48.9 Å². The van der Waals surface area contributed by atoms with Gasteiger partial charge in [-0.2, -0.15) is 0 Å². The molecule has 1 saturated heterocycles. The molecular weight excluding hydrogens is 189 g/mol. The second-order valence-corrected chi connectivity index (χ2v) is 5.05. The van der Waals surface area contributed by atoms with Crippen molar-refractivity contribution in [1.82, 2.24) is 4.90 Å². The summed E-state index contributed by atoms with van der Waals surface area (Å²) in [5, 5.41) is 0. The second-order valence-electron chi connectivity index (χ2n) is 5.05. The molecule has 0 aromatic heterocycles. The first-order valence-corrected chi connectivity index (χ1v) is 5.67. The lowest BCUT2D eigenvalue weighted by Gasteiger charge is -2.12. The molecule has 15 heavy (non-hydrogen) atoms. The first-order chi connectivity index (χ1) is 7.24. The van der Waals surface area contributed by atoms with Crippen LogP contribution in [-0.4, -0.2) is 25.0 Å². The predicted octanol–water partition coefficient (Wildman–Crippen LogP) is 2.18.